The van der Waals surface area contributed by atoms with Crippen LogP contribution in [0.25, 0.3) is 32.8 Å². The van der Waals surface area contributed by atoms with Gasteiger partial charge in [-0.1, -0.05) is 42.5 Å². The predicted octanol–water partition coefficient (Wildman–Crippen LogP) is 4.85. The Morgan fingerprint density at radius 1 is 0.762 bits per heavy atom. The van der Waals surface area contributed by atoms with Crippen molar-refractivity contribution in [2.45, 2.75) is 0 Å². The summed E-state index contributed by atoms with van der Waals surface area (Å²) >= 11 is 0. The van der Waals surface area contributed by atoms with Gasteiger partial charge in [0.05, 0.1) is 0 Å². The van der Waals surface area contributed by atoms with Crippen molar-refractivity contribution in [1.29, 1.82) is 0 Å². The minimum Gasteiger partial charge on any atom is -0.304 e. The molecule has 0 N–H and O–H groups in total. The molecule has 0 saturated heterocycles. The molecule has 1 radical (unpaired) electrons. The molecule has 0 amide bonds. The zero-order valence-electron chi connectivity index (χ0n) is 11.2. The van der Waals surface area contributed by atoms with Crippen molar-refractivity contribution in [3.8, 4) is 11.3 Å². The Balaban J connectivity index is 0.00000132. The van der Waals surface area contributed by atoms with Crippen LogP contribution in [0.1, 0.15) is 0 Å². The van der Waals surface area contributed by atoms with Crippen LogP contribution >= 0.6 is 0 Å². The molecule has 0 bridgehead atoms. The van der Waals surface area contributed by atoms with E-state index in [0.29, 0.717) is 0 Å². The van der Waals surface area contributed by atoms with Gasteiger partial charge in [0.15, 0.2) is 0 Å². The molecule has 0 aliphatic rings. The first kappa shape index (κ1) is 13.9. The zero-order chi connectivity index (χ0) is 13.4. The normalized spacial score (nSPS) is 10.5. The summed E-state index contributed by atoms with van der Waals surface area (Å²) in [5.74, 6) is 0. The van der Waals surface area contributed by atoms with Crippen LogP contribution in [0.2, 0.25) is 0 Å². The van der Waals surface area contributed by atoms with Gasteiger partial charge in [0.1, 0.15) is 0 Å². The Morgan fingerprint density at radius 3 is 2.43 bits per heavy atom. The smallest absolute Gasteiger partial charge is 0.0245 e. The van der Waals surface area contributed by atoms with Crippen LogP contribution in [0.15, 0.2) is 72.9 Å². The topological polar surface area (TPSA) is 12.9 Å². The summed E-state index contributed by atoms with van der Waals surface area (Å²) in [5, 5.41) is 4.91. The third kappa shape index (κ3) is 2.49. The van der Waals surface area contributed by atoms with Crippen LogP contribution in [-0.4, -0.2) is 4.98 Å². The molecule has 0 unspecified atom stereocenters. The molecule has 2 heteroatoms. The van der Waals surface area contributed by atoms with Crippen LogP contribution in [0.3, 0.4) is 0 Å². The molecule has 0 aliphatic carbocycles. The summed E-state index contributed by atoms with van der Waals surface area (Å²) in [6.45, 7) is 0. The fraction of sp³-hybridized carbons (Fsp3) is 0. The molecular weight excluding hydrogens is 434 g/mol. The largest absolute Gasteiger partial charge is 0.304 e. The number of pyridine rings is 1. The van der Waals surface area contributed by atoms with E-state index in [9.17, 15) is 0 Å². The van der Waals surface area contributed by atoms with Gasteiger partial charge >= 0.3 is 0 Å². The number of rotatable bonds is 1. The molecule has 103 valence electrons. The second-order valence-corrected chi connectivity index (χ2v) is 4.85. The standard InChI is InChI=1S/C19H12N.Ir/c1-2-7-15(8-3-1)19-12-16-11-10-14-6-4-5-9-17(14)18(16)13-20-19;/h1-7,9-13H;/q-1;. The van der Waals surface area contributed by atoms with E-state index in [1.165, 1.54) is 21.5 Å². The summed E-state index contributed by atoms with van der Waals surface area (Å²) in [6.07, 6.45) is 1.97. The maximum atomic E-state index is 4.60. The Bertz CT molecular complexity index is 901. The summed E-state index contributed by atoms with van der Waals surface area (Å²) in [7, 11) is 0. The van der Waals surface area contributed by atoms with Gasteiger partial charge in [0, 0.05) is 31.7 Å². The van der Waals surface area contributed by atoms with Gasteiger partial charge in [-0.25, -0.2) is 0 Å². The summed E-state index contributed by atoms with van der Waals surface area (Å²) in [6, 6.07) is 26.0. The molecule has 4 rings (SSSR count). The van der Waals surface area contributed by atoms with Gasteiger partial charge in [0.2, 0.25) is 0 Å². The van der Waals surface area contributed by atoms with Gasteiger partial charge in [-0.3, -0.25) is 0 Å². The van der Waals surface area contributed by atoms with Gasteiger partial charge in [-0.15, -0.1) is 35.9 Å². The number of hydrogen-bond acceptors (Lipinski definition) is 1. The molecular formula is C19H12IrN-. The van der Waals surface area contributed by atoms with Crippen molar-refractivity contribution in [2.24, 2.45) is 0 Å². The summed E-state index contributed by atoms with van der Waals surface area (Å²) in [5.41, 5.74) is 2.00. The molecule has 21 heavy (non-hydrogen) atoms. The Kier molecular flexibility index (Phi) is 3.83. The summed E-state index contributed by atoms with van der Waals surface area (Å²) in [4.78, 5) is 4.60. The van der Waals surface area contributed by atoms with Crippen molar-refractivity contribution >= 4 is 21.5 Å². The second-order valence-electron chi connectivity index (χ2n) is 4.85. The molecule has 0 aliphatic heterocycles. The molecule has 1 aromatic heterocycles. The Labute approximate surface area is 137 Å². The first-order valence-corrected chi connectivity index (χ1v) is 6.66. The van der Waals surface area contributed by atoms with Crippen molar-refractivity contribution < 1.29 is 20.1 Å². The van der Waals surface area contributed by atoms with Crippen LogP contribution in [0.4, 0.5) is 0 Å². The molecule has 4 aromatic rings. The SMILES string of the molecule is [Ir].[c-]1ccccc1-c1cc2ccc3ccccc3c2cn1. The number of nitrogens with zero attached hydrogens (tertiary/aromatic N) is 1. The monoisotopic (exact) mass is 447 g/mol. The zero-order valence-corrected chi connectivity index (χ0v) is 13.6. The van der Waals surface area contributed by atoms with E-state index in [4.69, 9.17) is 0 Å². The number of fused-ring (bicyclic) bond motifs is 3. The van der Waals surface area contributed by atoms with E-state index in [1.54, 1.807) is 0 Å². The number of hydrogen-bond donors (Lipinski definition) is 0. The van der Waals surface area contributed by atoms with E-state index >= 15 is 0 Å². The molecule has 0 saturated carbocycles. The Hall–Kier alpha value is -2.02. The fourth-order valence-corrected chi connectivity index (χ4v) is 2.60. The first-order valence-electron chi connectivity index (χ1n) is 6.66. The average molecular weight is 447 g/mol. The van der Waals surface area contributed by atoms with Gasteiger partial charge in [-0.2, -0.15) is 0 Å². The molecule has 0 atom stereocenters. The molecule has 1 heterocycles. The van der Waals surface area contributed by atoms with Gasteiger partial charge in [0.25, 0.3) is 0 Å². The van der Waals surface area contributed by atoms with Gasteiger partial charge < -0.3 is 4.98 Å². The van der Waals surface area contributed by atoms with E-state index in [-0.39, 0.29) is 20.1 Å². The van der Waals surface area contributed by atoms with Crippen LogP contribution in [-0.2, 0) is 20.1 Å². The van der Waals surface area contributed by atoms with E-state index in [2.05, 4.69) is 53.5 Å². The average Bonchev–Trinajstić information content (AvgIpc) is 2.55. The molecule has 0 spiro atoms. The van der Waals surface area contributed by atoms with Crippen molar-refractivity contribution in [1.82, 2.24) is 4.98 Å². The minimum absolute atomic E-state index is 0. The van der Waals surface area contributed by atoms with Crippen molar-refractivity contribution in [3.63, 3.8) is 0 Å². The van der Waals surface area contributed by atoms with Gasteiger partial charge in [-0.05, 0) is 21.9 Å². The fourth-order valence-electron chi connectivity index (χ4n) is 2.60. The van der Waals surface area contributed by atoms with Crippen LogP contribution < -0.4 is 0 Å². The molecule has 1 nitrogen and oxygen atoms in total. The van der Waals surface area contributed by atoms with Crippen LogP contribution in [0, 0.1) is 6.07 Å². The van der Waals surface area contributed by atoms with Crippen LogP contribution in [0.5, 0.6) is 0 Å². The maximum Gasteiger partial charge on any atom is 0.0245 e. The van der Waals surface area contributed by atoms with E-state index in [1.807, 2.05) is 30.5 Å². The summed E-state index contributed by atoms with van der Waals surface area (Å²) < 4.78 is 0. The quantitative estimate of drug-likeness (QED) is 0.301. The molecule has 0 fully saturated rings. The first-order chi connectivity index (χ1) is 9.92. The maximum absolute atomic E-state index is 4.60. The van der Waals surface area contributed by atoms with Crippen molar-refractivity contribution in [2.75, 3.05) is 0 Å². The second kappa shape index (κ2) is 5.77. The third-order valence-electron chi connectivity index (χ3n) is 3.61. The third-order valence-corrected chi connectivity index (χ3v) is 3.61. The number of benzene rings is 3. The van der Waals surface area contributed by atoms with E-state index < -0.39 is 0 Å². The molecule has 3 aromatic carbocycles. The van der Waals surface area contributed by atoms with Crippen molar-refractivity contribution in [3.05, 3.63) is 79.0 Å². The van der Waals surface area contributed by atoms with E-state index in [0.717, 1.165) is 11.3 Å². The minimum atomic E-state index is 0. The number of aromatic nitrogens is 1. The Morgan fingerprint density at radius 2 is 1.57 bits per heavy atom. The predicted molar refractivity (Wildman–Crippen MR) is 83.5 cm³/mol.